The summed E-state index contributed by atoms with van der Waals surface area (Å²) in [6.45, 7) is 0.269. The number of hydrogen-bond donors (Lipinski definition) is 2. The molecule has 0 fully saturated rings. The molecule has 1 heterocycles. The fourth-order valence-electron chi connectivity index (χ4n) is 2.57. The van der Waals surface area contributed by atoms with Crippen molar-refractivity contribution in [2.45, 2.75) is 6.61 Å². The minimum atomic E-state index is 0.00394. The van der Waals surface area contributed by atoms with Crippen LogP contribution in [-0.2, 0) is 6.61 Å². The van der Waals surface area contributed by atoms with Crippen LogP contribution >= 0.6 is 15.9 Å². The lowest BCUT2D eigenvalue weighted by atomic mass is 10.0. The zero-order chi connectivity index (χ0) is 19.4. The largest absolute Gasteiger partial charge is 0.496 e. The quantitative estimate of drug-likeness (QED) is 0.640. The van der Waals surface area contributed by atoms with Crippen molar-refractivity contribution in [1.82, 2.24) is 9.97 Å². The number of rotatable bonds is 5. The Bertz CT molecular complexity index is 1030. The van der Waals surface area contributed by atoms with Crippen LogP contribution in [0.1, 0.15) is 11.1 Å². The predicted molar refractivity (Wildman–Crippen MR) is 106 cm³/mol. The molecule has 3 rings (SSSR count). The standard InChI is InChI=1S/C19H16BrN5O2/c1-26-16-6-5-11(17-15(9-21)18(22)25-19(23)24-17)7-12(16)10-27-14-4-2-3-13(20)8-14/h2-8H,10H2,1H3,(H4,22,23,24,25). The van der Waals surface area contributed by atoms with Crippen molar-refractivity contribution < 1.29 is 9.47 Å². The van der Waals surface area contributed by atoms with Gasteiger partial charge < -0.3 is 20.9 Å². The Balaban J connectivity index is 1.98. The summed E-state index contributed by atoms with van der Waals surface area (Å²) < 4.78 is 12.2. The molecule has 0 saturated carbocycles. The normalized spacial score (nSPS) is 10.3. The maximum atomic E-state index is 9.39. The first-order chi connectivity index (χ1) is 13.0. The van der Waals surface area contributed by atoms with E-state index in [1.807, 2.05) is 36.4 Å². The van der Waals surface area contributed by atoms with Crippen molar-refractivity contribution >= 4 is 27.7 Å². The van der Waals surface area contributed by atoms with Crippen LogP contribution in [0.5, 0.6) is 11.5 Å². The van der Waals surface area contributed by atoms with E-state index in [0.717, 1.165) is 10.0 Å². The summed E-state index contributed by atoms with van der Waals surface area (Å²) in [5, 5.41) is 9.39. The second-order valence-electron chi connectivity index (χ2n) is 5.58. The van der Waals surface area contributed by atoms with Crippen LogP contribution in [-0.4, -0.2) is 17.1 Å². The highest BCUT2D eigenvalue weighted by Gasteiger charge is 2.15. The Labute approximate surface area is 164 Å². The van der Waals surface area contributed by atoms with Gasteiger partial charge in [0.25, 0.3) is 0 Å². The summed E-state index contributed by atoms with van der Waals surface area (Å²) in [7, 11) is 1.58. The molecule has 0 aliphatic heterocycles. The van der Waals surface area contributed by atoms with Crippen LogP contribution in [0.3, 0.4) is 0 Å². The lowest BCUT2D eigenvalue weighted by Crippen LogP contribution is -2.05. The van der Waals surface area contributed by atoms with Gasteiger partial charge in [-0.05, 0) is 36.4 Å². The van der Waals surface area contributed by atoms with E-state index in [2.05, 4.69) is 25.9 Å². The van der Waals surface area contributed by atoms with Gasteiger partial charge in [0.15, 0.2) is 0 Å². The molecule has 2 aromatic carbocycles. The van der Waals surface area contributed by atoms with Crippen LogP contribution in [0.25, 0.3) is 11.3 Å². The van der Waals surface area contributed by atoms with E-state index >= 15 is 0 Å². The molecule has 0 aliphatic carbocycles. The first-order valence-electron chi connectivity index (χ1n) is 7.90. The first-order valence-corrected chi connectivity index (χ1v) is 8.70. The summed E-state index contributed by atoms with van der Waals surface area (Å²) >= 11 is 3.41. The molecule has 8 heteroatoms. The molecule has 0 atom stereocenters. The Morgan fingerprint density at radius 2 is 1.96 bits per heavy atom. The molecule has 0 amide bonds. The number of methoxy groups -OCH3 is 1. The molecular weight excluding hydrogens is 410 g/mol. The Hall–Kier alpha value is -3.31. The van der Waals surface area contributed by atoms with E-state index in [4.69, 9.17) is 20.9 Å². The third-order valence-electron chi connectivity index (χ3n) is 3.81. The number of nitrogens with two attached hydrogens (primary N) is 2. The summed E-state index contributed by atoms with van der Waals surface area (Å²) in [5.41, 5.74) is 13.5. The van der Waals surface area contributed by atoms with Gasteiger partial charge in [-0.25, -0.2) is 4.98 Å². The molecule has 0 spiro atoms. The van der Waals surface area contributed by atoms with Gasteiger partial charge >= 0.3 is 0 Å². The molecule has 3 aromatic rings. The fourth-order valence-corrected chi connectivity index (χ4v) is 2.95. The van der Waals surface area contributed by atoms with E-state index in [1.54, 1.807) is 19.2 Å². The Morgan fingerprint density at radius 3 is 2.67 bits per heavy atom. The van der Waals surface area contributed by atoms with Gasteiger partial charge in [0.1, 0.15) is 35.6 Å². The zero-order valence-electron chi connectivity index (χ0n) is 14.4. The Kier molecular flexibility index (Phi) is 5.43. The molecule has 136 valence electrons. The molecule has 0 saturated heterocycles. The van der Waals surface area contributed by atoms with Gasteiger partial charge in [-0.1, -0.05) is 22.0 Å². The van der Waals surface area contributed by atoms with Crippen LogP contribution in [0, 0.1) is 11.3 Å². The summed E-state index contributed by atoms with van der Waals surface area (Å²) in [5.74, 6) is 1.42. The number of nitrogens with zero attached hydrogens (tertiary/aromatic N) is 3. The van der Waals surface area contributed by atoms with Crippen LogP contribution in [0.2, 0.25) is 0 Å². The maximum absolute atomic E-state index is 9.39. The van der Waals surface area contributed by atoms with E-state index in [1.165, 1.54) is 0 Å². The van der Waals surface area contributed by atoms with Crippen molar-refractivity contribution in [3.8, 4) is 28.8 Å². The highest BCUT2D eigenvalue weighted by Crippen LogP contribution is 2.30. The highest BCUT2D eigenvalue weighted by molar-refractivity contribution is 9.10. The second-order valence-corrected chi connectivity index (χ2v) is 6.49. The minimum Gasteiger partial charge on any atom is -0.496 e. The monoisotopic (exact) mass is 425 g/mol. The van der Waals surface area contributed by atoms with Gasteiger partial charge in [0.05, 0.1) is 12.8 Å². The van der Waals surface area contributed by atoms with Crippen molar-refractivity contribution in [1.29, 1.82) is 5.26 Å². The third-order valence-corrected chi connectivity index (χ3v) is 4.30. The topological polar surface area (TPSA) is 120 Å². The molecular formula is C19H16BrN5O2. The zero-order valence-corrected chi connectivity index (χ0v) is 16.0. The molecule has 0 aliphatic rings. The fraction of sp³-hybridized carbons (Fsp3) is 0.105. The molecule has 4 N–H and O–H groups in total. The number of anilines is 2. The number of aromatic nitrogens is 2. The lowest BCUT2D eigenvalue weighted by molar-refractivity contribution is 0.296. The minimum absolute atomic E-state index is 0.00394. The van der Waals surface area contributed by atoms with Gasteiger partial charge in [0.2, 0.25) is 5.95 Å². The average Bonchev–Trinajstić information content (AvgIpc) is 2.65. The van der Waals surface area contributed by atoms with Crippen molar-refractivity contribution in [2.24, 2.45) is 0 Å². The van der Waals surface area contributed by atoms with Crippen LogP contribution < -0.4 is 20.9 Å². The van der Waals surface area contributed by atoms with E-state index in [0.29, 0.717) is 22.8 Å². The first kappa shape index (κ1) is 18.5. The van der Waals surface area contributed by atoms with Crippen molar-refractivity contribution in [3.05, 3.63) is 58.1 Å². The average molecular weight is 426 g/mol. The highest BCUT2D eigenvalue weighted by atomic mass is 79.9. The molecule has 1 aromatic heterocycles. The maximum Gasteiger partial charge on any atom is 0.222 e. The number of nitriles is 1. The summed E-state index contributed by atoms with van der Waals surface area (Å²) in [6.07, 6.45) is 0. The van der Waals surface area contributed by atoms with Crippen LogP contribution in [0.4, 0.5) is 11.8 Å². The predicted octanol–water partition coefficient (Wildman–Crippen LogP) is 3.53. The van der Waals surface area contributed by atoms with Gasteiger partial charge in [-0.15, -0.1) is 0 Å². The number of ether oxygens (including phenoxy) is 2. The summed E-state index contributed by atoms with van der Waals surface area (Å²) in [6, 6.07) is 15.0. The lowest BCUT2D eigenvalue weighted by Gasteiger charge is -2.13. The SMILES string of the molecule is COc1ccc(-c2nc(N)nc(N)c2C#N)cc1COc1cccc(Br)c1. The molecule has 0 radical (unpaired) electrons. The third kappa shape index (κ3) is 4.10. The smallest absolute Gasteiger partial charge is 0.222 e. The van der Waals surface area contributed by atoms with Gasteiger partial charge in [0, 0.05) is 15.6 Å². The number of nitrogen functional groups attached to an aromatic ring is 2. The van der Waals surface area contributed by atoms with Crippen molar-refractivity contribution in [3.63, 3.8) is 0 Å². The molecule has 0 bridgehead atoms. The summed E-state index contributed by atoms with van der Waals surface area (Å²) in [4.78, 5) is 8.02. The number of halogens is 1. The molecule has 7 nitrogen and oxygen atoms in total. The Morgan fingerprint density at radius 1 is 1.15 bits per heavy atom. The van der Waals surface area contributed by atoms with E-state index < -0.39 is 0 Å². The number of hydrogen-bond acceptors (Lipinski definition) is 7. The number of benzene rings is 2. The molecule has 0 unspecified atom stereocenters. The van der Waals surface area contributed by atoms with Gasteiger partial charge in [-0.2, -0.15) is 10.2 Å². The van der Waals surface area contributed by atoms with E-state index in [9.17, 15) is 5.26 Å². The van der Waals surface area contributed by atoms with E-state index in [-0.39, 0.29) is 23.9 Å². The molecule has 27 heavy (non-hydrogen) atoms. The second kappa shape index (κ2) is 7.93. The van der Waals surface area contributed by atoms with Crippen LogP contribution in [0.15, 0.2) is 46.9 Å². The van der Waals surface area contributed by atoms with Gasteiger partial charge in [-0.3, -0.25) is 0 Å². The van der Waals surface area contributed by atoms with Crippen molar-refractivity contribution in [2.75, 3.05) is 18.6 Å².